The van der Waals surface area contributed by atoms with E-state index >= 15 is 0 Å². The monoisotopic (exact) mass is 293 g/mol. The zero-order valence-corrected chi connectivity index (χ0v) is 14.7. The molecule has 0 fully saturated rings. The van der Waals surface area contributed by atoms with Crippen molar-refractivity contribution in [1.29, 1.82) is 0 Å². The van der Waals surface area contributed by atoms with Crippen LogP contribution in [0.4, 0.5) is 5.69 Å². The number of hydrogen-bond donors (Lipinski definition) is 1. The fourth-order valence-electron chi connectivity index (χ4n) is 3.42. The van der Waals surface area contributed by atoms with Crippen LogP contribution in [0.25, 0.3) is 0 Å². The predicted octanol–water partition coefficient (Wildman–Crippen LogP) is 5.11. The molecule has 0 bridgehead atoms. The zero-order chi connectivity index (χ0) is 14.1. The highest BCUT2D eigenvalue weighted by molar-refractivity contribution is 8.01. The lowest BCUT2D eigenvalue weighted by Crippen LogP contribution is -2.52. The molecule has 3 heteroatoms. The molecule has 1 aliphatic heterocycles. The topological polar surface area (TPSA) is 12.0 Å². The largest absolute Gasteiger partial charge is 0.382 e. The van der Waals surface area contributed by atoms with Crippen LogP contribution in [0.3, 0.4) is 0 Å². The van der Waals surface area contributed by atoms with Crippen LogP contribution in [-0.2, 0) is 4.37 Å². The van der Waals surface area contributed by atoms with Gasteiger partial charge >= 0.3 is 0 Å². The van der Waals surface area contributed by atoms with Gasteiger partial charge in [0.1, 0.15) is 0 Å². The summed E-state index contributed by atoms with van der Waals surface area (Å²) in [5.41, 5.74) is 2.93. The number of para-hydroxylation sites is 1. The summed E-state index contributed by atoms with van der Waals surface area (Å²) in [6.45, 7) is 9.86. The Morgan fingerprint density at radius 3 is 2.58 bits per heavy atom. The summed E-state index contributed by atoms with van der Waals surface area (Å²) in [6, 6.07) is 9.61. The van der Waals surface area contributed by atoms with Crippen molar-refractivity contribution in [2.24, 2.45) is 0 Å². The second kappa shape index (κ2) is 5.53. The minimum atomic E-state index is -1.31. The fraction of sp³-hybridized carbons (Fsp3) is 0.625. The van der Waals surface area contributed by atoms with Crippen molar-refractivity contribution in [3.05, 3.63) is 29.8 Å². The molecule has 0 amide bonds. The lowest BCUT2D eigenvalue weighted by atomic mass is 9.94. The van der Waals surface area contributed by atoms with Crippen molar-refractivity contribution in [3.8, 4) is 0 Å². The third-order valence-electron chi connectivity index (χ3n) is 4.45. The highest BCUT2D eigenvalue weighted by Gasteiger charge is 2.48. The Kier molecular flexibility index (Phi) is 4.36. The predicted molar refractivity (Wildman–Crippen MR) is 91.9 cm³/mol. The lowest BCUT2D eigenvalue weighted by molar-refractivity contribution is 0.539. The fourth-order valence-corrected chi connectivity index (χ4v) is 8.52. The van der Waals surface area contributed by atoms with E-state index in [0.717, 1.165) is 0 Å². The number of anilines is 1. The lowest BCUT2D eigenvalue weighted by Gasteiger charge is -2.49. The maximum Gasteiger partial charge on any atom is 0.0684 e. The van der Waals surface area contributed by atoms with E-state index in [1.807, 2.05) is 0 Å². The molecule has 0 radical (unpaired) electrons. The van der Waals surface area contributed by atoms with E-state index in [1.165, 1.54) is 24.9 Å². The average molecular weight is 294 g/mol. The van der Waals surface area contributed by atoms with Crippen LogP contribution >= 0.6 is 11.8 Å². The minimum Gasteiger partial charge on any atom is -0.382 e. The van der Waals surface area contributed by atoms with Crippen molar-refractivity contribution in [3.63, 3.8) is 0 Å². The molecule has 1 nitrogen and oxygen atoms in total. The van der Waals surface area contributed by atoms with Gasteiger partial charge in [0, 0.05) is 16.1 Å². The summed E-state index contributed by atoms with van der Waals surface area (Å²) in [4.78, 5) is 0. The Morgan fingerprint density at radius 1 is 1.32 bits per heavy atom. The molecule has 0 saturated carbocycles. The van der Waals surface area contributed by atoms with E-state index in [0.29, 0.717) is 10.4 Å². The van der Waals surface area contributed by atoms with Crippen molar-refractivity contribution >= 4 is 25.5 Å². The molecule has 0 aromatic heterocycles. The Morgan fingerprint density at radius 2 is 2.00 bits per heavy atom. The quantitative estimate of drug-likeness (QED) is 0.775. The van der Waals surface area contributed by atoms with E-state index in [4.69, 9.17) is 0 Å². The van der Waals surface area contributed by atoms with Crippen molar-refractivity contribution in [2.75, 3.05) is 11.6 Å². The summed E-state index contributed by atoms with van der Waals surface area (Å²) in [6.07, 6.45) is 6.13. The highest BCUT2D eigenvalue weighted by atomic mass is 32.2. The molecule has 19 heavy (non-hydrogen) atoms. The maximum atomic E-state index is 3.77. The number of rotatable bonds is 4. The Balaban J connectivity index is 2.52. The van der Waals surface area contributed by atoms with E-state index in [9.17, 15) is 0 Å². The molecule has 0 aliphatic carbocycles. The van der Waals surface area contributed by atoms with Gasteiger partial charge < -0.3 is 5.32 Å². The van der Waals surface area contributed by atoms with Gasteiger partial charge in [0.2, 0.25) is 0 Å². The third-order valence-corrected chi connectivity index (χ3v) is 10.9. The van der Waals surface area contributed by atoms with Crippen LogP contribution in [-0.4, -0.2) is 20.4 Å². The van der Waals surface area contributed by atoms with E-state index < -0.39 is 8.07 Å². The first kappa shape index (κ1) is 15.0. The second-order valence-corrected chi connectivity index (χ2v) is 13.5. The first-order chi connectivity index (χ1) is 8.94. The number of benzene rings is 1. The van der Waals surface area contributed by atoms with Gasteiger partial charge in [0.05, 0.1) is 8.07 Å². The normalized spacial score (nSPS) is 26.7. The number of thioether (sulfide) groups is 1. The Hall–Kier alpha value is -0.413. The van der Waals surface area contributed by atoms with Crippen LogP contribution in [0.15, 0.2) is 24.3 Å². The standard InChI is InChI=1S/C16H27NSSi/c1-6-9-13-12-16(18-2,19(3,4)5)14-10-7-8-11-15(14)17-13/h7-8,10-11,13,17H,6,9,12H2,1-5H3/t13-,16-/m1/s1. The zero-order valence-electron chi connectivity index (χ0n) is 12.9. The van der Waals surface area contributed by atoms with Gasteiger partial charge in [-0.3, -0.25) is 0 Å². The summed E-state index contributed by atoms with van der Waals surface area (Å²) < 4.78 is 0.356. The second-order valence-electron chi connectivity index (χ2n) is 6.66. The molecule has 2 atom stereocenters. The smallest absolute Gasteiger partial charge is 0.0684 e. The molecular formula is C16H27NSSi. The Labute approximate surface area is 123 Å². The Bertz CT molecular complexity index is 441. The first-order valence-corrected chi connectivity index (χ1v) is 12.1. The first-order valence-electron chi connectivity index (χ1n) is 7.36. The van der Waals surface area contributed by atoms with Crippen molar-refractivity contribution < 1.29 is 0 Å². The van der Waals surface area contributed by atoms with Crippen LogP contribution < -0.4 is 5.32 Å². The van der Waals surface area contributed by atoms with Gasteiger partial charge in [-0.05, 0) is 30.7 Å². The summed E-state index contributed by atoms with van der Waals surface area (Å²) in [5, 5.41) is 3.77. The summed E-state index contributed by atoms with van der Waals surface area (Å²) >= 11 is 2.09. The molecule has 1 N–H and O–H groups in total. The van der Waals surface area contributed by atoms with Gasteiger partial charge in [0.25, 0.3) is 0 Å². The van der Waals surface area contributed by atoms with Gasteiger partial charge in [-0.2, -0.15) is 11.8 Å². The highest BCUT2D eigenvalue weighted by Crippen LogP contribution is 2.52. The maximum absolute atomic E-state index is 3.77. The van der Waals surface area contributed by atoms with Gasteiger partial charge in [-0.25, -0.2) is 0 Å². The third kappa shape index (κ3) is 2.59. The van der Waals surface area contributed by atoms with Crippen LogP contribution in [0.1, 0.15) is 31.7 Å². The molecular weight excluding hydrogens is 266 g/mol. The molecule has 0 spiro atoms. The molecule has 1 heterocycles. The van der Waals surface area contributed by atoms with E-state index in [2.05, 4.69) is 74.2 Å². The molecule has 0 saturated heterocycles. The van der Waals surface area contributed by atoms with E-state index in [1.54, 1.807) is 5.56 Å². The van der Waals surface area contributed by atoms with Gasteiger partial charge in [0.15, 0.2) is 0 Å². The molecule has 106 valence electrons. The number of hydrogen-bond acceptors (Lipinski definition) is 2. The molecule has 1 aromatic rings. The molecule has 0 unspecified atom stereocenters. The van der Waals surface area contributed by atoms with Crippen LogP contribution in [0.5, 0.6) is 0 Å². The molecule has 2 rings (SSSR count). The van der Waals surface area contributed by atoms with Gasteiger partial charge in [-0.1, -0.05) is 51.2 Å². The van der Waals surface area contributed by atoms with Crippen molar-refractivity contribution in [1.82, 2.24) is 0 Å². The van der Waals surface area contributed by atoms with E-state index in [-0.39, 0.29) is 0 Å². The summed E-state index contributed by atoms with van der Waals surface area (Å²) in [7, 11) is -1.31. The average Bonchev–Trinajstić information content (AvgIpc) is 2.36. The van der Waals surface area contributed by atoms with Crippen LogP contribution in [0.2, 0.25) is 19.6 Å². The number of nitrogens with one attached hydrogen (secondary N) is 1. The number of fused-ring (bicyclic) bond motifs is 1. The molecule has 1 aromatic carbocycles. The molecule has 1 aliphatic rings. The van der Waals surface area contributed by atoms with Crippen LogP contribution in [0, 0.1) is 0 Å². The summed E-state index contributed by atoms with van der Waals surface area (Å²) in [5.74, 6) is 0. The SMILES string of the molecule is CCC[C@@H]1C[C@@](SC)([Si](C)(C)C)c2ccccc2N1. The van der Waals surface area contributed by atoms with Gasteiger partial charge in [-0.15, -0.1) is 0 Å². The minimum absolute atomic E-state index is 0.356. The van der Waals surface area contributed by atoms with Crippen molar-refractivity contribution in [2.45, 2.75) is 56.2 Å².